The highest BCUT2D eigenvalue weighted by atomic mass is 16.2. The zero-order valence-electron chi connectivity index (χ0n) is 12.1. The van der Waals surface area contributed by atoms with Crippen molar-refractivity contribution in [3.63, 3.8) is 0 Å². The van der Waals surface area contributed by atoms with Crippen LogP contribution in [0.5, 0.6) is 0 Å². The summed E-state index contributed by atoms with van der Waals surface area (Å²) < 4.78 is 0. The molecule has 21 heavy (non-hydrogen) atoms. The van der Waals surface area contributed by atoms with Crippen LogP contribution in [0, 0.1) is 6.92 Å². The predicted octanol–water partition coefficient (Wildman–Crippen LogP) is 3.80. The first-order valence-electron chi connectivity index (χ1n) is 6.88. The van der Waals surface area contributed by atoms with Crippen molar-refractivity contribution in [2.45, 2.75) is 13.8 Å². The fourth-order valence-electron chi connectivity index (χ4n) is 2.26. The van der Waals surface area contributed by atoms with Gasteiger partial charge in [0.1, 0.15) is 0 Å². The molecule has 0 fully saturated rings. The Kier molecular flexibility index (Phi) is 3.40. The van der Waals surface area contributed by atoms with Gasteiger partial charge in [-0.1, -0.05) is 48.0 Å². The van der Waals surface area contributed by atoms with Gasteiger partial charge in [0.2, 0.25) is 0 Å². The third-order valence-electron chi connectivity index (χ3n) is 3.45. The second-order valence-electron chi connectivity index (χ2n) is 5.11. The largest absolute Gasteiger partial charge is 0.280 e. The number of benzene rings is 2. The summed E-state index contributed by atoms with van der Waals surface area (Å²) >= 11 is 0. The van der Waals surface area contributed by atoms with Crippen molar-refractivity contribution in [3.8, 4) is 0 Å². The third kappa shape index (κ3) is 2.63. The van der Waals surface area contributed by atoms with Crippen molar-refractivity contribution < 1.29 is 4.79 Å². The first kappa shape index (κ1) is 13.3. The summed E-state index contributed by atoms with van der Waals surface area (Å²) in [5.74, 6) is -0.0831. The Bertz CT molecular complexity index is 728. The Morgan fingerprint density at radius 3 is 2.29 bits per heavy atom. The minimum Gasteiger partial charge on any atom is -0.267 e. The lowest BCUT2D eigenvalue weighted by Gasteiger charge is -2.11. The maximum Gasteiger partial charge on any atom is 0.280 e. The van der Waals surface area contributed by atoms with Crippen molar-refractivity contribution in [1.29, 1.82) is 0 Å². The highest BCUT2D eigenvalue weighted by Crippen LogP contribution is 2.25. The molecule has 0 saturated carbocycles. The number of anilines is 1. The molecular formula is C18H16N2O. The van der Waals surface area contributed by atoms with Gasteiger partial charge >= 0.3 is 0 Å². The van der Waals surface area contributed by atoms with Crippen molar-refractivity contribution in [2.75, 3.05) is 5.01 Å². The van der Waals surface area contributed by atoms with E-state index in [-0.39, 0.29) is 5.91 Å². The first-order chi connectivity index (χ1) is 10.1. The van der Waals surface area contributed by atoms with E-state index in [1.54, 1.807) is 0 Å². The maximum absolute atomic E-state index is 12.5. The smallest absolute Gasteiger partial charge is 0.267 e. The number of rotatable bonds is 2. The van der Waals surface area contributed by atoms with Crippen LogP contribution in [0.25, 0.3) is 6.08 Å². The molecule has 1 aliphatic rings. The monoisotopic (exact) mass is 276 g/mol. The molecule has 2 aromatic rings. The number of aryl methyl sites for hydroxylation is 1. The quantitative estimate of drug-likeness (QED) is 0.768. The Morgan fingerprint density at radius 2 is 1.62 bits per heavy atom. The van der Waals surface area contributed by atoms with E-state index in [9.17, 15) is 4.79 Å². The van der Waals surface area contributed by atoms with E-state index in [4.69, 9.17) is 0 Å². The molecule has 0 bridgehead atoms. The lowest BCUT2D eigenvalue weighted by Crippen LogP contribution is -2.21. The van der Waals surface area contributed by atoms with Gasteiger partial charge in [0.05, 0.1) is 17.0 Å². The number of hydrogen-bond acceptors (Lipinski definition) is 2. The van der Waals surface area contributed by atoms with E-state index in [1.807, 2.05) is 74.5 Å². The Balaban J connectivity index is 1.94. The van der Waals surface area contributed by atoms with Crippen LogP contribution in [0.4, 0.5) is 5.69 Å². The molecule has 0 aromatic heterocycles. The average Bonchev–Trinajstić information content (AvgIpc) is 2.77. The summed E-state index contributed by atoms with van der Waals surface area (Å²) in [6.07, 6.45) is 1.88. The van der Waals surface area contributed by atoms with Gasteiger partial charge in [-0.2, -0.15) is 10.1 Å². The van der Waals surface area contributed by atoms with Gasteiger partial charge in [-0.15, -0.1) is 0 Å². The first-order valence-corrected chi connectivity index (χ1v) is 6.88. The molecule has 0 atom stereocenters. The molecule has 0 saturated heterocycles. The molecule has 0 spiro atoms. The van der Waals surface area contributed by atoms with Crippen LogP contribution >= 0.6 is 0 Å². The van der Waals surface area contributed by atoms with E-state index >= 15 is 0 Å². The molecule has 0 aliphatic carbocycles. The highest BCUT2D eigenvalue weighted by Gasteiger charge is 2.28. The van der Waals surface area contributed by atoms with Gasteiger partial charge < -0.3 is 0 Å². The summed E-state index contributed by atoms with van der Waals surface area (Å²) in [7, 11) is 0. The lowest BCUT2D eigenvalue weighted by molar-refractivity contribution is -0.114. The van der Waals surface area contributed by atoms with Crippen LogP contribution in [0.3, 0.4) is 0 Å². The van der Waals surface area contributed by atoms with Crippen LogP contribution in [0.2, 0.25) is 0 Å². The predicted molar refractivity (Wildman–Crippen MR) is 86.2 cm³/mol. The minimum atomic E-state index is -0.0831. The Hall–Kier alpha value is -2.68. The zero-order valence-corrected chi connectivity index (χ0v) is 12.1. The minimum absolute atomic E-state index is 0.0831. The Labute approximate surface area is 124 Å². The molecule has 3 heteroatoms. The second-order valence-corrected chi connectivity index (χ2v) is 5.11. The molecule has 3 nitrogen and oxygen atoms in total. The molecular weight excluding hydrogens is 260 g/mol. The molecule has 0 N–H and O–H groups in total. The number of hydrogen-bond donors (Lipinski definition) is 0. The molecule has 0 unspecified atom stereocenters. The van der Waals surface area contributed by atoms with E-state index in [0.717, 1.165) is 22.5 Å². The SMILES string of the molecule is CC1=NN(c2ccc(C)cc2)C(=O)C1=Cc1ccccc1. The van der Waals surface area contributed by atoms with Crippen LogP contribution in [-0.4, -0.2) is 11.6 Å². The zero-order chi connectivity index (χ0) is 14.8. The van der Waals surface area contributed by atoms with Gasteiger partial charge in [-0.05, 0) is 37.6 Å². The normalized spacial score (nSPS) is 16.5. The van der Waals surface area contributed by atoms with Gasteiger partial charge in [0.25, 0.3) is 5.91 Å². The maximum atomic E-state index is 12.5. The van der Waals surface area contributed by atoms with Gasteiger partial charge in [-0.3, -0.25) is 4.79 Å². The summed E-state index contributed by atoms with van der Waals surface area (Å²) in [6, 6.07) is 17.6. The molecule has 1 amide bonds. The number of hydrazone groups is 1. The molecule has 1 aliphatic heterocycles. The van der Waals surface area contributed by atoms with E-state index in [1.165, 1.54) is 5.01 Å². The molecule has 1 heterocycles. The molecule has 2 aromatic carbocycles. The molecule has 0 radical (unpaired) electrons. The molecule has 104 valence electrons. The van der Waals surface area contributed by atoms with Crippen LogP contribution in [0.15, 0.2) is 65.3 Å². The van der Waals surface area contributed by atoms with Gasteiger partial charge in [0.15, 0.2) is 0 Å². The number of amides is 1. The fourth-order valence-corrected chi connectivity index (χ4v) is 2.26. The highest BCUT2D eigenvalue weighted by molar-refractivity contribution is 6.32. The summed E-state index contributed by atoms with van der Waals surface area (Å²) in [4.78, 5) is 12.5. The number of carbonyl (C=O) groups excluding carboxylic acids is 1. The van der Waals surface area contributed by atoms with Gasteiger partial charge in [-0.25, -0.2) is 0 Å². The fraction of sp³-hybridized carbons (Fsp3) is 0.111. The van der Waals surface area contributed by atoms with Crippen molar-refractivity contribution in [3.05, 3.63) is 71.3 Å². The van der Waals surface area contributed by atoms with Crippen molar-refractivity contribution in [1.82, 2.24) is 0 Å². The second kappa shape index (κ2) is 5.37. The van der Waals surface area contributed by atoms with E-state index in [0.29, 0.717) is 5.57 Å². The van der Waals surface area contributed by atoms with Crippen molar-refractivity contribution in [2.24, 2.45) is 5.10 Å². The third-order valence-corrected chi connectivity index (χ3v) is 3.45. The lowest BCUT2D eigenvalue weighted by atomic mass is 10.1. The van der Waals surface area contributed by atoms with Crippen LogP contribution in [0.1, 0.15) is 18.1 Å². The van der Waals surface area contributed by atoms with E-state index < -0.39 is 0 Å². The summed E-state index contributed by atoms with van der Waals surface area (Å²) in [5, 5.41) is 5.84. The standard InChI is InChI=1S/C18H16N2O/c1-13-8-10-16(11-9-13)20-18(21)17(14(2)19-20)12-15-6-4-3-5-7-15/h3-12H,1-2H3. The number of carbonyl (C=O) groups is 1. The topological polar surface area (TPSA) is 32.7 Å². The summed E-state index contributed by atoms with van der Waals surface area (Å²) in [5.41, 5.74) is 4.33. The van der Waals surface area contributed by atoms with Crippen LogP contribution < -0.4 is 5.01 Å². The van der Waals surface area contributed by atoms with E-state index in [2.05, 4.69) is 5.10 Å². The summed E-state index contributed by atoms with van der Waals surface area (Å²) in [6.45, 7) is 3.88. The Morgan fingerprint density at radius 1 is 0.952 bits per heavy atom. The van der Waals surface area contributed by atoms with Gasteiger partial charge in [0, 0.05) is 0 Å². The average molecular weight is 276 g/mol. The number of nitrogens with zero attached hydrogens (tertiary/aromatic N) is 2. The molecule has 3 rings (SSSR count). The van der Waals surface area contributed by atoms with Crippen molar-refractivity contribution >= 4 is 23.4 Å². The van der Waals surface area contributed by atoms with Crippen LogP contribution in [-0.2, 0) is 4.79 Å².